The van der Waals surface area contributed by atoms with Crippen molar-refractivity contribution < 1.29 is 22.4 Å². The number of halogens is 2. The maximum absolute atomic E-state index is 14.8. The number of likely N-dealkylation sites (N-methyl/N-ethyl adjacent to an activating group) is 1. The number of hydrogen-bond donors (Lipinski definition) is 1. The molecular weight excluding hydrogens is 531 g/mol. The maximum Gasteiger partial charge on any atom is 0.304 e. The predicted octanol–water partition coefficient (Wildman–Crippen LogP) is 3.48. The highest BCUT2D eigenvalue weighted by atomic mass is 35.5. The number of carbonyl (C=O) groups is 2. The van der Waals surface area contributed by atoms with E-state index in [2.05, 4.69) is 5.32 Å². The quantitative estimate of drug-likeness (QED) is 0.389. The predicted molar refractivity (Wildman–Crippen MR) is 146 cm³/mol. The second-order valence-electron chi connectivity index (χ2n) is 8.72. The fourth-order valence-electron chi connectivity index (χ4n) is 3.91. The van der Waals surface area contributed by atoms with Crippen molar-refractivity contribution in [2.45, 2.75) is 19.0 Å². The summed E-state index contributed by atoms with van der Waals surface area (Å²) >= 11 is 6.17. The molecule has 8 nitrogen and oxygen atoms in total. The van der Waals surface area contributed by atoms with Crippen LogP contribution in [-0.2, 0) is 32.8 Å². The minimum absolute atomic E-state index is 0.0303. The molecule has 0 aromatic heterocycles. The van der Waals surface area contributed by atoms with Crippen molar-refractivity contribution in [3.63, 3.8) is 0 Å². The third-order valence-electron chi connectivity index (χ3n) is 5.90. The number of rotatable bonds is 11. The number of para-hydroxylation sites is 1. The first kappa shape index (κ1) is 29.1. The van der Waals surface area contributed by atoms with Crippen LogP contribution in [0.15, 0.2) is 78.9 Å². The molecule has 3 rings (SSSR count). The van der Waals surface area contributed by atoms with Crippen molar-refractivity contribution in [2.24, 2.45) is 0 Å². The van der Waals surface area contributed by atoms with Gasteiger partial charge in [0.05, 0.1) is 5.69 Å². The Morgan fingerprint density at radius 2 is 1.58 bits per heavy atom. The Labute approximate surface area is 227 Å². The molecular formula is C27H30ClFN4O4S. The molecule has 3 aromatic carbocycles. The van der Waals surface area contributed by atoms with E-state index in [4.69, 9.17) is 11.6 Å². The zero-order chi connectivity index (χ0) is 27.9. The Kier molecular flexibility index (Phi) is 9.84. The van der Waals surface area contributed by atoms with Crippen molar-refractivity contribution >= 4 is 39.3 Å². The van der Waals surface area contributed by atoms with E-state index >= 15 is 0 Å². The van der Waals surface area contributed by atoms with E-state index in [0.29, 0.717) is 14.9 Å². The summed E-state index contributed by atoms with van der Waals surface area (Å²) in [5.41, 5.74) is 1.16. The molecule has 0 fully saturated rings. The summed E-state index contributed by atoms with van der Waals surface area (Å²) in [5, 5.41) is 3.04. The van der Waals surface area contributed by atoms with Crippen LogP contribution in [0.25, 0.3) is 0 Å². The summed E-state index contributed by atoms with van der Waals surface area (Å²) in [5.74, 6) is -1.93. The molecule has 202 valence electrons. The number of nitrogens with zero attached hydrogens (tertiary/aromatic N) is 3. The first-order valence-electron chi connectivity index (χ1n) is 11.8. The van der Waals surface area contributed by atoms with Gasteiger partial charge in [0.25, 0.3) is 0 Å². The number of nitrogens with one attached hydrogen (secondary N) is 1. The molecule has 1 atom stereocenters. The molecule has 38 heavy (non-hydrogen) atoms. The van der Waals surface area contributed by atoms with Crippen molar-refractivity contribution in [1.82, 2.24) is 14.5 Å². The van der Waals surface area contributed by atoms with E-state index < -0.39 is 40.4 Å². The second kappa shape index (κ2) is 12.9. The van der Waals surface area contributed by atoms with Gasteiger partial charge in [-0.2, -0.15) is 12.7 Å². The van der Waals surface area contributed by atoms with Crippen LogP contribution in [0.2, 0.25) is 5.02 Å². The van der Waals surface area contributed by atoms with Crippen molar-refractivity contribution in [3.8, 4) is 0 Å². The zero-order valence-corrected chi connectivity index (χ0v) is 22.9. The minimum atomic E-state index is -4.28. The van der Waals surface area contributed by atoms with Crippen LogP contribution >= 0.6 is 11.6 Å². The lowest BCUT2D eigenvalue weighted by Gasteiger charge is -2.34. The molecule has 0 heterocycles. The van der Waals surface area contributed by atoms with Crippen LogP contribution in [0, 0.1) is 5.82 Å². The summed E-state index contributed by atoms with van der Waals surface area (Å²) in [4.78, 5) is 28.3. The van der Waals surface area contributed by atoms with E-state index in [-0.39, 0.29) is 18.7 Å². The molecule has 0 saturated carbocycles. The molecule has 0 aliphatic rings. The van der Waals surface area contributed by atoms with Gasteiger partial charge in [0.1, 0.15) is 18.4 Å². The van der Waals surface area contributed by atoms with Crippen LogP contribution in [0.5, 0.6) is 0 Å². The SMILES string of the molecule is CNC(=O)C(Cc1ccccc1)N(Cc1cccc(Cl)c1)C(=O)CN(c1ccccc1F)S(=O)(=O)N(C)C. The third kappa shape index (κ3) is 7.09. The smallest absolute Gasteiger partial charge is 0.304 e. The second-order valence-corrected chi connectivity index (χ2v) is 11.2. The molecule has 0 saturated heterocycles. The number of anilines is 1. The van der Waals surface area contributed by atoms with Gasteiger partial charge in [-0.15, -0.1) is 0 Å². The van der Waals surface area contributed by atoms with E-state index in [0.717, 1.165) is 15.9 Å². The van der Waals surface area contributed by atoms with Crippen molar-refractivity contribution in [1.29, 1.82) is 0 Å². The lowest BCUT2D eigenvalue weighted by molar-refractivity contribution is -0.139. The normalized spacial score (nSPS) is 12.2. The number of carbonyl (C=O) groups excluding carboxylic acids is 2. The first-order chi connectivity index (χ1) is 18.0. The van der Waals surface area contributed by atoms with E-state index in [1.54, 1.807) is 24.3 Å². The van der Waals surface area contributed by atoms with Crippen LogP contribution in [0.1, 0.15) is 11.1 Å². The summed E-state index contributed by atoms with van der Waals surface area (Å²) in [6, 6.07) is 20.3. The zero-order valence-electron chi connectivity index (χ0n) is 21.3. The van der Waals surface area contributed by atoms with Crippen molar-refractivity contribution in [3.05, 3.63) is 101 Å². The topological polar surface area (TPSA) is 90.0 Å². The summed E-state index contributed by atoms with van der Waals surface area (Å²) in [6.07, 6.45) is 0.174. The molecule has 3 aromatic rings. The fraction of sp³-hybridized carbons (Fsp3) is 0.259. The monoisotopic (exact) mass is 560 g/mol. The van der Waals surface area contributed by atoms with Gasteiger partial charge >= 0.3 is 10.2 Å². The Morgan fingerprint density at radius 3 is 2.18 bits per heavy atom. The molecule has 0 spiro atoms. The molecule has 2 amide bonds. The minimum Gasteiger partial charge on any atom is -0.357 e. The largest absolute Gasteiger partial charge is 0.357 e. The van der Waals surface area contributed by atoms with Gasteiger partial charge in [-0.05, 0) is 35.4 Å². The summed E-state index contributed by atoms with van der Waals surface area (Å²) in [6.45, 7) is -0.762. The van der Waals surface area contributed by atoms with Gasteiger partial charge in [0.2, 0.25) is 11.8 Å². The van der Waals surface area contributed by atoms with Gasteiger partial charge in [-0.1, -0.05) is 66.2 Å². The summed E-state index contributed by atoms with van der Waals surface area (Å²) in [7, 11) is -0.229. The lowest BCUT2D eigenvalue weighted by Crippen LogP contribution is -2.54. The van der Waals surface area contributed by atoms with Crippen LogP contribution in [0.3, 0.4) is 0 Å². The molecule has 11 heteroatoms. The van der Waals surface area contributed by atoms with Gasteiger partial charge in [-0.25, -0.2) is 8.70 Å². The lowest BCUT2D eigenvalue weighted by atomic mass is 10.0. The highest BCUT2D eigenvalue weighted by Gasteiger charge is 2.35. The van der Waals surface area contributed by atoms with Crippen LogP contribution in [-0.4, -0.2) is 63.2 Å². The third-order valence-corrected chi connectivity index (χ3v) is 7.94. The van der Waals surface area contributed by atoms with E-state index in [9.17, 15) is 22.4 Å². The molecule has 0 bridgehead atoms. The van der Waals surface area contributed by atoms with E-state index in [1.807, 2.05) is 30.3 Å². The Hall–Kier alpha value is -3.47. The standard InChI is InChI=1S/C27H30ClFN4O4S/c1-30-27(35)25(17-20-10-5-4-6-11-20)32(18-21-12-9-13-22(28)16-21)26(34)19-33(38(36,37)31(2)3)24-15-8-7-14-23(24)29/h4-16,25H,17-19H2,1-3H3,(H,30,35). The van der Waals surface area contributed by atoms with Crippen LogP contribution < -0.4 is 9.62 Å². The van der Waals surface area contributed by atoms with Gasteiger partial charge in [-0.3, -0.25) is 9.59 Å². The Morgan fingerprint density at radius 1 is 0.947 bits per heavy atom. The van der Waals surface area contributed by atoms with Gasteiger partial charge in [0, 0.05) is 39.1 Å². The Bertz CT molecular complexity index is 1370. The molecule has 0 aliphatic heterocycles. The van der Waals surface area contributed by atoms with E-state index in [1.165, 1.54) is 44.2 Å². The first-order valence-corrected chi connectivity index (χ1v) is 13.6. The average Bonchev–Trinajstić information content (AvgIpc) is 2.89. The van der Waals surface area contributed by atoms with Crippen LogP contribution in [0.4, 0.5) is 10.1 Å². The number of hydrogen-bond acceptors (Lipinski definition) is 4. The van der Waals surface area contributed by atoms with Crippen molar-refractivity contribution in [2.75, 3.05) is 32.0 Å². The molecule has 1 unspecified atom stereocenters. The summed E-state index contributed by atoms with van der Waals surface area (Å²) < 4.78 is 42.8. The Balaban J connectivity index is 2.08. The maximum atomic E-state index is 14.8. The number of amides is 2. The fourth-order valence-corrected chi connectivity index (χ4v) is 5.19. The number of benzene rings is 3. The highest BCUT2D eigenvalue weighted by molar-refractivity contribution is 7.90. The van der Waals surface area contributed by atoms with Gasteiger partial charge in [0.15, 0.2) is 0 Å². The molecule has 1 N–H and O–H groups in total. The highest BCUT2D eigenvalue weighted by Crippen LogP contribution is 2.24. The molecule has 0 aliphatic carbocycles. The average molecular weight is 561 g/mol. The van der Waals surface area contributed by atoms with Gasteiger partial charge < -0.3 is 10.2 Å². The molecule has 0 radical (unpaired) electrons.